The Hall–Kier alpha value is -2.48. The van der Waals surface area contributed by atoms with E-state index in [0.29, 0.717) is 22.8 Å². The predicted molar refractivity (Wildman–Crippen MR) is 95.0 cm³/mol. The van der Waals surface area contributed by atoms with Crippen molar-refractivity contribution in [2.75, 3.05) is 6.54 Å². The van der Waals surface area contributed by atoms with Gasteiger partial charge in [-0.05, 0) is 33.1 Å². The van der Waals surface area contributed by atoms with Crippen LogP contribution in [-0.4, -0.2) is 36.9 Å². The summed E-state index contributed by atoms with van der Waals surface area (Å²) in [5.74, 6) is -0.0103. The molecule has 0 radical (unpaired) electrons. The minimum atomic E-state index is -0.171. The number of carbonyl (C=O) groups is 1. The topological polar surface area (TPSA) is 83.4 Å². The first kappa shape index (κ1) is 16.0. The highest BCUT2D eigenvalue weighted by Crippen LogP contribution is 2.32. The van der Waals surface area contributed by atoms with Gasteiger partial charge >= 0.3 is 0 Å². The van der Waals surface area contributed by atoms with Crippen molar-refractivity contribution in [1.82, 2.24) is 24.5 Å². The van der Waals surface area contributed by atoms with Gasteiger partial charge in [0.1, 0.15) is 4.88 Å². The maximum Gasteiger partial charge on any atom is 0.272 e. The molecule has 0 spiro atoms. The first-order chi connectivity index (χ1) is 12.0. The van der Waals surface area contributed by atoms with Gasteiger partial charge in [-0.2, -0.15) is 0 Å². The largest absolute Gasteiger partial charge is 0.329 e. The van der Waals surface area contributed by atoms with Gasteiger partial charge in [0.2, 0.25) is 0 Å². The third-order valence-corrected chi connectivity index (χ3v) is 5.66. The maximum atomic E-state index is 13.1. The summed E-state index contributed by atoms with van der Waals surface area (Å²) in [6, 6.07) is 3.12. The number of aromatic nitrogens is 4. The fraction of sp³-hybridized carbons (Fsp3) is 0.412. The van der Waals surface area contributed by atoms with Gasteiger partial charge < -0.3 is 4.90 Å². The second kappa shape index (κ2) is 6.11. The number of hydrogen-bond acceptors (Lipinski definition) is 5. The van der Waals surface area contributed by atoms with Crippen LogP contribution in [0.2, 0.25) is 0 Å². The Bertz CT molecular complexity index is 1000. The number of carbonyl (C=O) groups excluding carboxylic acids is 1. The maximum absolute atomic E-state index is 13.1. The van der Waals surface area contributed by atoms with Gasteiger partial charge in [-0.1, -0.05) is 0 Å². The molecule has 0 bridgehead atoms. The molecule has 8 heteroatoms. The molecule has 1 amide bonds. The van der Waals surface area contributed by atoms with E-state index >= 15 is 0 Å². The van der Waals surface area contributed by atoms with Gasteiger partial charge in [0.15, 0.2) is 5.65 Å². The van der Waals surface area contributed by atoms with E-state index in [1.165, 1.54) is 21.9 Å². The van der Waals surface area contributed by atoms with Crippen molar-refractivity contribution >= 4 is 22.9 Å². The molecule has 130 valence electrons. The molecule has 3 aromatic rings. The van der Waals surface area contributed by atoms with Crippen LogP contribution < -0.4 is 5.56 Å². The molecule has 4 heterocycles. The number of aryl methyl sites for hydroxylation is 2. The van der Waals surface area contributed by atoms with Crippen LogP contribution in [0.1, 0.15) is 51.4 Å². The Morgan fingerprint density at radius 1 is 1.32 bits per heavy atom. The lowest BCUT2D eigenvalue weighted by Gasteiger charge is -2.35. The molecule has 1 unspecified atom stereocenters. The van der Waals surface area contributed by atoms with E-state index in [1.807, 2.05) is 18.7 Å². The number of likely N-dealkylation sites (tertiary alicyclic amines) is 1. The van der Waals surface area contributed by atoms with Gasteiger partial charge in [0.25, 0.3) is 11.5 Å². The number of piperidine rings is 1. The van der Waals surface area contributed by atoms with Crippen molar-refractivity contribution < 1.29 is 4.79 Å². The van der Waals surface area contributed by atoms with Gasteiger partial charge in [-0.15, -0.1) is 11.3 Å². The summed E-state index contributed by atoms with van der Waals surface area (Å²) in [5, 5.41) is 3.73. The summed E-state index contributed by atoms with van der Waals surface area (Å²) in [7, 11) is 0. The van der Waals surface area contributed by atoms with E-state index in [0.717, 1.165) is 30.0 Å². The lowest BCUT2D eigenvalue weighted by atomic mass is 9.98. The number of fused-ring (bicyclic) bond motifs is 1. The van der Waals surface area contributed by atoms with Crippen LogP contribution in [0.5, 0.6) is 0 Å². The van der Waals surface area contributed by atoms with Crippen LogP contribution in [0.3, 0.4) is 0 Å². The van der Waals surface area contributed by atoms with Crippen molar-refractivity contribution in [2.24, 2.45) is 0 Å². The number of amides is 1. The molecule has 3 aromatic heterocycles. The highest BCUT2D eigenvalue weighted by Gasteiger charge is 2.32. The summed E-state index contributed by atoms with van der Waals surface area (Å²) >= 11 is 1.43. The van der Waals surface area contributed by atoms with Gasteiger partial charge in [0.05, 0.1) is 22.4 Å². The molecular weight excluding hydrogens is 338 g/mol. The second-order valence-corrected chi connectivity index (χ2v) is 7.54. The molecule has 0 aromatic carbocycles. The predicted octanol–water partition coefficient (Wildman–Crippen LogP) is 2.46. The first-order valence-electron chi connectivity index (χ1n) is 8.36. The Kier molecular flexibility index (Phi) is 3.91. The third kappa shape index (κ3) is 2.76. The monoisotopic (exact) mass is 357 g/mol. The van der Waals surface area contributed by atoms with E-state index in [1.54, 1.807) is 12.3 Å². The molecular formula is C17H19N5O2S. The number of aromatic amines is 1. The number of rotatable bonds is 2. The van der Waals surface area contributed by atoms with Crippen LogP contribution in [0.15, 0.2) is 23.1 Å². The van der Waals surface area contributed by atoms with Crippen LogP contribution >= 0.6 is 11.3 Å². The van der Waals surface area contributed by atoms with Crippen LogP contribution in [0.25, 0.3) is 5.65 Å². The fourth-order valence-electron chi connectivity index (χ4n) is 3.46. The van der Waals surface area contributed by atoms with Crippen molar-refractivity contribution in [1.29, 1.82) is 0 Å². The molecule has 1 N–H and O–H groups in total. The van der Waals surface area contributed by atoms with Crippen LogP contribution in [-0.2, 0) is 0 Å². The highest BCUT2D eigenvalue weighted by atomic mass is 32.1. The molecule has 1 fully saturated rings. The Morgan fingerprint density at radius 2 is 2.16 bits per heavy atom. The molecule has 1 atom stereocenters. The van der Waals surface area contributed by atoms with Crippen molar-refractivity contribution in [2.45, 2.75) is 39.2 Å². The average Bonchev–Trinajstić information content (AvgIpc) is 3.20. The molecule has 4 rings (SSSR count). The number of nitrogens with zero attached hydrogens (tertiary/aromatic N) is 4. The molecule has 7 nitrogen and oxygen atoms in total. The minimum Gasteiger partial charge on any atom is -0.329 e. The van der Waals surface area contributed by atoms with E-state index in [4.69, 9.17) is 0 Å². The van der Waals surface area contributed by atoms with Gasteiger partial charge in [-0.3, -0.25) is 14.7 Å². The van der Waals surface area contributed by atoms with E-state index in [2.05, 4.69) is 15.1 Å². The lowest BCUT2D eigenvalue weighted by Crippen LogP contribution is -2.39. The SMILES string of the molecule is Cc1nc(C)c(C(=O)N2CCCCC2c2cc(=O)n3[nH]ccc3n2)s1. The Labute approximate surface area is 148 Å². The third-order valence-electron chi connectivity index (χ3n) is 4.60. The molecule has 0 aliphatic carbocycles. The standard InChI is InChI=1S/C17H19N5O2S/c1-10-16(25-11(2)19-10)17(24)21-8-4-3-5-13(21)12-9-15(23)22-14(20-12)6-7-18-22/h6-7,9,13,18H,3-5,8H2,1-2H3. The Balaban J connectivity index is 1.74. The summed E-state index contributed by atoms with van der Waals surface area (Å²) in [6.45, 7) is 4.45. The summed E-state index contributed by atoms with van der Waals surface area (Å²) < 4.78 is 1.40. The summed E-state index contributed by atoms with van der Waals surface area (Å²) in [5.41, 5.74) is 1.85. The molecule has 0 saturated carbocycles. The van der Waals surface area contributed by atoms with Gasteiger partial charge in [-0.25, -0.2) is 14.5 Å². The van der Waals surface area contributed by atoms with E-state index in [-0.39, 0.29) is 17.5 Å². The number of nitrogens with one attached hydrogen (secondary N) is 1. The van der Waals surface area contributed by atoms with Crippen molar-refractivity contribution in [3.05, 3.63) is 50.0 Å². The zero-order valence-corrected chi connectivity index (χ0v) is 15.0. The van der Waals surface area contributed by atoms with Crippen LogP contribution in [0.4, 0.5) is 0 Å². The van der Waals surface area contributed by atoms with Gasteiger partial charge in [0, 0.05) is 24.9 Å². The average molecular weight is 357 g/mol. The number of thiazole rings is 1. The quantitative estimate of drug-likeness (QED) is 0.764. The van der Waals surface area contributed by atoms with Crippen molar-refractivity contribution in [3.63, 3.8) is 0 Å². The fourth-order valence-corrected chi connectivity index (χ4v) is 4.34. The number of hydrogen-bond donors (Lipinski definition) is 1. The Morgan fingerprint density at radius 3 is 2.92 bits per heavy atom. The molecule has 1 aliphatic rings. The molecule has 1 aliphatic heterocycles. The zero-order chi connectivity index (χ0) is 17.6. The molecule has 25 heavy (non-hydrogen) atoms. The lowest BCUT2D eigenvalue weighted by molar-refractivity contribution is 0.0610. The highest BCUT2D eigenvalue weighted by molar-refractivity contribution is 7.13. The number of H-pyrrole nitrogens is 1. The normalized spacial score (nSPS) is 18.0. The summed E-state index contributed by atoms with van der Waals surface area (Å²) in [4.78, 5) is 36.9. The smallest absolute Gasteiger partial charge is 0.272 e. The van der Waals surface area contributed by atoms with Crippen molar-refractivity contribution in [3.8, 4) is 0 Å². The molecule has 1 saturated heterocycles. The second-order valence-electron chi connectivity index (χ2n) is 6.33. The first-order valence-corrected chi connectivity index (χ1v) is 9.18. The minimum absolute atomic E-state index is 0.0103. The van der Waals surface area contributed by atoms with Crippen LogP contribution in [0, 0.1) is 13.8 Å². The van der Waals surface area contributed by atoms with E-state index < -0.39 is 0 Å². The zero-order valence-electron chi connectivity index (χ0n) is 14.2. The summed E-state index contributed by atoms with van der Waals surface area (Å²) in [6.07, 6.45) is 4.48. The van der Waals surface area contributed by atoms with E-state index in [9.17, 15) is 9.59 Å².